The van der Waals surface area contributed by atoms with Crippen molar-refractivity contribution in [2.75, 3.05) is 6.61 Å². The summed E-state index contributed by atoms with van der Waals surface area (Å²) in [6.45, 7) is 2.98. The molecule has 0 spiro atoms. The lowest BCUT2D eigenvalue weighted by atomic mass is 10.2. The van der Waals surface area contributed by atoms with Gasteiger partial charge in [0.25, 0.3) is 5.91 Å². The smallest absolute Gasteiger partial charge is 0.310 e. The molecule has 0 atom stereocenters. The molecule has 0 fully saturated rings. The van der Waals surface area contributed by atoms with Gasteiger partial charge >= 0.3 is 5.97 Å². The molecule has 2 rings (SSSR count). The van der Waals surface area contributed by atoms with Crippen LogP contribution in [0.1, 0.15) is 19.4 Å². The van der Waals surface area contributed by atoms with Gasteiger partial charge in [0, 0.05) is 5.70 Å². The number of amides is 1. The summed E-state index contributed by atoms with van der Waals surface area (Å²) in [5, 5.41) is 4.43. The maximum Gasteiger partial charge on any atom is 0.310 e. The average Bonchev–Trinajstić information content (AvgIpc) is 3.03. The molecule has 1 aromatic heterocycles. The SMILES string of the molecule is CC(=Nc1ccccc1)C(NC(=O)COC(=O)Cc1ccsc1Cl)=C(C)N. The molecule has 8 heteroatoms. The lowest BCUT2D eigenvalue weighted by Gasteiger charge is -2.12. The monoisotopic (exact) mass is 405 g/mol. The Bertz CT molecular complexity index is 871. The Kier molecular flexibility index (Phi) is 7.57. The fourth-order valence-electron chi connectivity index (χ4n) is 2.20. The van der Waals surface area contributed by atoms with E-state index >= 15 is 0 Å². The zero-order chi connectivity index (χ0) is 19.8. The van der Waals surface area contributed by atoms with Crippen molar-refractivity contribution in [2.45, 2.75) is 20.3 Å². The third-order valence-corrected chi connectivity index (χ3v) is 4.72. The topological polar surface area (TPSA) is 93.8 Å². The fraction of sp³-hybridized carbons (Fsp3) is 0.211. The van der Waals surface area contributed by atoms with Gasteiger partial charge in [-0.15, -0.1) is 11.3 Å². The Morgan fingerprint density at radius 2 is 1.93 bits per heavy atom. The van der Waals surface area contributed by atoms with Crippen LogP contribution in [0.4, 0.5) is 5.69 Å². The predicted octanol–water partition coefficient (Wildman–Crippen LogP) is 3.59. The van der Waals surface area contributed by atoms with Gasteiger partial charge in [-0.05, 0) is 43.0 Å². The molecule has 1 aromatic carbocycles. The minimum absolute atomic E-state index is 0.0166. The van der Waals surface area contributed by atoms with Crippen molar-refractivity contribution in [1.82, 2.24) is 5.32 Å². The third-order valence-electron chi connectivity index (χ3n) is 3.47. The molecule has 0 aliphatic carbocycles. The van der Waals surface area contributed by atoms with E-state index in [1.54, 1.807) is 25.3 Å². The highest BCUT2D eigenvalue weighted by molar-refractivity contribution is 7.14. The fourth-order valence-corrected chi connectivity index (χ4v) is 3.13. The molecule has 0 radical (unpaired) electrons. The number of carbonyl (C=O) groups excluding carboxylic acids is 2. The van der Waals surface area contributed by atoms with Crippen LogP contribution in [0.3, 0.4) is 0 Å². The second-order valence-corrected chi connectivity index (χ2v) is 7.21. The summed E-state index contributed by atoms with van der Waals surface area (Å²) < 4.78 is 5.54. The molecular weight excluding hydrogens is 386 g/mol. The first-order valence-electron chi connectivity index (χ1n) is 8.11. The second kappa shape index (κ2) is 9.89. The lowest BCUT2D eigenvalue weighted by Crippen LogP contribution is -2.32. The van der Waals surface area contributed by atoms with E-state index in [4.69, 9.17) is 22.1 Å². The van der Waals surface area contributed by atoms with Gasteiger partial charge in [-0.3, -0.25) is 14.6 Å². The van der Waals surface area contributed by atoms with E-state index < -0.39 is 18.5 Å². The first kappa shape index (κ1) is 20.7. The van der Waals surface area contributed by atoms with Crippen molar-refractivity contribution in [2.24, 2.45) is 10.7 Å². The van der Waals surface area contributed by atoms with E-state index in [-0.39, 0.29) is 6.42 Å². The number of nitrogens with zero attached hydrogens (tertiary/aromatic N) is 1. The number of hydrogen-bond donors (Lipinski definition) is 2. The van der Waals surface area contributed by atoms with E-state index in [9.17, 15) is 9.59 Å². The van der Waals surface area contributed by atoms with Gasteiger partial charge in [0.2, 0.25) is 0 Å². The number of hydrogen-bond acceptors (Lipinski definition) is 6. The van der Waals surface area contributed by atoms with Gasteiger partial charge in [-0.2, -0.15) is 0 Å². The number of esters is 1. The molecule has 6 nitrogen and oxygen atoms in total. The molecule has 27 heavy (non-hydrogen) atoms. The van der Waals surface area contributed by atoms with Crippen molar-refractivity contribution < 1.29 is 14.3 Å². The zero-order valence-corrected chi connectivity index (χ0v) is 16.6. The number of benzene rings is 1. The van der Waals surface area contributed by atoms with Crippen LogP contribution in [0.15, 0.2) is 58.2 Å². The largest absolute Gasteiger partial charge is 0.455 e. The zero-order valence-electron chi connectivity index (χ0n) is 15.0. The third kappa shape index (κ3) is 6.54. The van der Waals surface area contributed by atoms with Gasteiger partial charge in [0.15, 0.2) is 6.61 Å². The van der Waals surface area contributed by atoms with Crippen molar-refractivity contribution >= 4 is 46.2 Å². The number of para-hydroxylation sites is 1. The normalized spacial score (nSPS) is 12.3. The minimum atomic E-state index is -0.532. The first-order chi connectivity index (χ1) is 12.9. The van der Waals surface area contributed by atoms with Gasteiger partial charge in [-0.25, -0.2) is 0 Å². The molecule has 1 heterocycles. The average molecular weight is 406 g/mol. The summed E-state index contributed by atoms with van der Waals surface area (Å²) >= 11 is 7.28. The number of aliphatic imine (C=N–C) groups is 1. The van der Waals surface area contributed by atoms with E-state index in [0.717, 1.165) is 5.69 Å². The number of allylic oxidation sites excluding steroid dienone is 2. The van der Waals surface area contributed by atoms with Crippen LogP contribution in [0.5, 0.6) is 0 Å². The number of rotatable bonds is 7. The lowest BCUT2D eigenvalue weighted by molar-refractivity contribution is -0.147. The van der Waals surface area contributed by atoms with Gasteiger partial charge in [0.1, 0.15) is 0 Å². The van der Waals surface area contributed by atoms with Crippen molar-refractivity contribution in [1.29, 1.82) is 0 Å². The van der Waals surface area contributed by atoms with Gasteiger partial charge < -0.3 is 15.8 Å². The highest BCUT2D eigenvalue weighted by Gasteiger charge is 2.14. The van der Waals surface area contributed by atoms with Crippen molar-refractivity contribution in [3.8, 4) is 0 Å². The standard InChI is InChI=1S/C19H20ClN3O3S/c1-12(21)18(13(2)22-15-6-4-3-5-7-15)23-16(24)11-26-17(25)10-14-8-9-27-19(14)20/h3-9H,10-11,21H2,1-2H3,(H,23,24). The number of nitrogens with two attached hydrogens (primary N) is 1. The molecule has 3 N–H and O–H groups in total. The molecular formula is C19H20ClN3O3S. The maximum atomic E-state index is 12.1. The Balaban J connectivity index is 1.93. The molecule has 0 aliphatic rings. The summed E-state index contributed by atoms with van der Waals surface area (Å²) in [7, 11) is 0. The molecule has 0 aliphatic heterocycles. The molecule has 0 saturated heterocycles. The number of ether oxygens (including phenoxy) is 1. The molecule has 0 bridgehead atoms. The Morgan fingerprint density at radius 3 is 2.52 bits per heavy atom. The maximum absolute atomic E-state index is 12.1. The Labute approximate surface area is 166 Å². The van der Waals surface area contributed by atoms with E-state index in [0.29, 0.717) is 27.0 Å². The van der Waals surface area contributed by atoms with Crippen LogP contribution >= 0.6 is 22.9 Å². The summed E-state index contributed by atoms with van der Waals surface area (Å²) in [5.74, 6) is -1.03. The number of halogens is 1. The van der Waals surface area contributed by atoms with E-state index in [1.807, 2.05) is 30.3 Å². The minimum Gasteiger partial charge on any atom is -0.455 e. The van der Waals surface area contributed by atoms with Crippen LogP contribution in [0.2, 0.25) is 4.34 Å². The highest BCUT2D eigenvalue weighted by atomic mass is 35.5. The number of nitrogens with one attached hydrogen (secondary N) is 1. The van der Waals surface area contributed by atoms with Crippen molar-refractivity contribution in [3.05, 3.63) is 63.1 Å². The van der Waals surface area contributed by atoms with E-state index in [1.165, 1.54) is 11.3 Å². The van der Waals surface area contributed by atoms with Crippen LogP contribution in [0.25, 0.3) is 0 Å². The van der Waals surface area contributed by atoms with Crippen LogP contribution in [0, 0.1) is 0 Å². The molecule has 142 valence electrons. The molecule has 1 amide bonds. The van der Waals surface area contributed by atoms with Crippen LogP contribution in [-0.4, -0.2) is 24.2 Å². The second-order valence-electron chi connectivity index (χ2n) is 5.70. The summed E-state index contributed by atoms with van der Waals surface area (Å²) in [6, 6.07) is 11.0. The number of thiophene rings is 1. The summed E-state index contributed by atoms with van der Waals surface area (Å²) in [5.41, 5.74) is 8.62. The summed E-state index contributed by atoms with van der Waals surface area (Å²) in [6.07, 6.45) is 0.0166. The predicted molar refractivity (Wildman–Crippen MR) is 108 cm³/mol. The number of carbonyl (C=O) groups is 2. The summed E-state index contributed by atoms with van der Waals surface area (Å²) in [4.78, 5) is 28.4. The van der Waals surface area contributed by atoms with Gasteiger partial charge in [0.05, 0.1) is 27.9 Å². The Morgan fingerprint density at radius 1 is 1.22 bits per heavy atom. The van der Waals surface area contributed by atoms with Crippen LogP contribution in [-0.2, 0) is 20.7 Å². The molecule has 2 aromatic rings. The molecule has 0 saturated carbocycles. The quantitative estimate of drug-likeness (QED) is 0.543. The van der Waals surface area contributed by atoms with Gasteiger partial charge in [-0.1, -0.05) is 29.8 Å². The highest BCUT2D eigenvalue weighted by Crippen LogP contribution is 2.23. The van der Waals surface area contributed by atoms with E-state index in [2.05, 4.69) is 10.3 Å². The first-order valence-corrected chi connectivity index (χ1v) is 9.37. The molecule has 0 unspecified atom stereocenters. The van der Waals surface area contributed by atoms with Crippen molar-refractivity contribution in [3.63, 3.8) is 0 Å². The van der Waals surface area contributed by atoms with Crippen LogP contribution < -0.4 is 11.1 Å². The Hall–Kier alpha value is -2.64.